The van der Waals surface area contributed by atoms with Crippen LogP contribution < -0.4 is 5.32 Å². The van der Waals surface area contributed by atoms with Gasteiger partial charge in [-0.2, -0.15) is 5.10 Å². The van der Waals surface area contributed by atoms with Gasteiger partial charge in [-0.05, 0) is 29.3 Å². The summed E-state index contributed by atoms with van der Waals surface area (Å²) in [6.45, 7) is 0. The van der Waals surface area contributed by atoms with E-state index in [2.05, 4.69) is 10.4 Å². The van der Waals surface area contributed by atoms with E-state index in [0.29, 0.717) is 23.4 Å². The Balaban J connectivity index is 1.59. The number of rotatable bonds is 3. The highest BCUT2D eigenvalue weighted by Crippen LogP contribution is 2.31. The molecule has 0 radical (unpaired) electrons. The maximum Gasteiger partial charge on any atom is 0.339 e. The predicted molar refractivity (Wildman–Crippen MR) is 95.9 cm³/mol. The smallest absolute Gasteiger partial charge is 0.339 e. The lowest BCUT2D eigenvalue weighted by atomic mass is 9.93. The molecule has 0 saturated heterocycles. The molecule has 1 aliphatic heterocycles. The first kappa shape index (κ1) is 16.1. The van der Waals surface area contributed by atoms with Gasteiger partial charge < -0.3 is 10.1 Å². The summed E-state index contributed by atoms with van der Waals surface area (Å²) < 4.78 is 7.16. The molecule has 6 heteroatoms. The van der Waals surface area contributed by atoms with Gasteiger partial charge in [-0.15, -0.1) is 0 Å². The molecule has 3 aromatic rings. The van der Waals surface area contributed by atoms with Crippen LogP contribution in [0.2, 0.25) is 0 Å². The SMILES string of the molecule is Cn1ccc(NC(=O)c2ccc3c(c2)C[C@H](c2ccccc2)OC3=O)n1. The molecular weight excluding hydrogens is 330 g/mol. The number of hydrogen-bond donors (Lipinski definition) is 1. The van der Waals surface area contributed by atoms with Crippen LogP contribution in [0.1, 0.15) is 37.9 Å². The van der Waals surface area contributed by atoms with Gasteiger partial charge in [0.25, 0.3) is 5.91 Å². The number of ether oxygens (including phenoxy) is 1. The quantitative estimate of drug-likeness (QED) is 0.739. The number of carbonyl (C=O) groups excluding carboxylic acids is 2. The monoisotopic (exact) mass is 347 g/mol. The number of aromatic nitrogens is 2. The van der Waals surface area contributed by atoms with Crippen LogP contribution >= 0.6 is 0 Å². The minimum Gasteiger partial charge on any atom is -0.454 e. The number of nitrogens with one attached hydrogen (secondary N) is 1. The summed E-state index contributed by atoms with van der Waals surface area (Å²) in [6.07, 6.45) is 1.95. The first-order valence-electron chi connectivity index (χ1n) is 8.30. The first-order chi connectivity index (χ1) is 12.6. The van der Waals surface area contributed by atoms with E-state index in [0.717, 1.165) is 11.1 Å². The van der Waals surface area contributed by atoms with Crippen LogP contribution in [0.5, 0.6) is 0 Å². The number of amides is 1. The minimum atomic E-state index is -0.364. The maximum atomic E-state index is 12.5. The molecule has 1 amide bonds. The van der Waals surface area contributed by atoms with Crippen LogP contribution in [0.15, 0.2) is 60.8 Å². The third-order valence-electron chi connectivity index (χ3n) is 4.37. The standard InChI is InChI=1S/C20H17N3O3/c1-23-10-9-18(22-23)21-19(24)14-7-8-16-15(11-14)12-17(26-20(16)25)13-5-3-2-4-6-13/h2-11,17H,12H2,1H3,(H,21,22,24)/t17-/m1/s1. The molecule has 4 rings (SSSR count). The maximum absolute atomic E-state index is 12.5. The zero-order valence-electron chi connectivity index (χ0n) is 14.2. The molecule has 0 spiro atoms. The molecule has 0 bridgehead atoms. The highest BCUT2D eigenvalue weighted by molar-refractivity contribution is 6.04. The molecule has 6 nitrogen and oxygen atoms in total. The number of nitrogens with zero attached hydrogens (tertiary/aromatic N) is 2. The van der Waals surface area contributed by atoms with Crippen molar-refractivity contribution in [2.75, 3.05) is 5.32 Å². The molecule has 1 N–H and O–H groups in total. The fourth-order valence-corrected chi connectivity index (χ4v) is 3.06. The number of esters is 1. The molecule has 1 aliphatic rings. The van der Waals surface area contributed by atoms with Gasteiger partial charge in [-0.25, -0.2) is 4.79 Å². The summed E-state index contributed by atoms with van der Waals surface area (Å²) in [5.41, 5.74) is 2.74. The van der Waals surface area contributed by atoms with Crippen molar-refractivity contribution in [3.63, 3.8) is 0 Å². The van der Waals surface area contributed by atoms with Crippen molar-refractivity contribution in [3.05, 3.63) is 83.0 Å². The van der Waals surface area contributed by atoms with Crippen LogP contribution in [0, 0.1) is 0 Å². The molecular formula is C20H17N3O3. The summed E-state index contributed by atoms with van der Waals surface area (Å²) in [4.78, 5) is 24.8. The third-order valence-corrected chi connectivity index (χ3v) is 4.37. The zero-order chi connectivity index (χ0) is 18.1. The number of fused-ring (bicyclic) bond motifs is 1. The Hall–Kier alpha value is -3.41. The normalized spacial score (nSPS) is 15.9. The largest absolute Gasteiger partial charge is 0.454 e. The van der Waals surface area contributed by atoms with Gasteiger partial charge in [-0.3, -0.25) is 9.48 Å². The second kappa shape index (κ2) is 6.48. The van der Waals surface area contributed by atoms with E-state index in [-0.39, 0.29) is 18.0 Å². The van der Waals surface area contributed by atoms with Gasteiger partial charge in [-0.1, -0.05) is 30.3 Å². The topological polar surface area (TPSA) is 73.2 Å². The summed E-state index contributed by atoms with van der Waals surface area (Å²) in [7, 11) is 1.78. The van der Waals surface area contributed by atoms with Gasteiger partial charge in [0.2, 0.25) is 0 Å². The number of benzene rings is 2. The van der Waals surface area contributed by atoms with E-state index in [4.69, 9.17) is 4.74 Å². The average Bonchev–Trinajstić information content (AvgIpc) is 3.06. The van der Waals surface area contributed by atoms with E-state index in [1.165, 1.54) is 0 Å². The van der Waals surface area contributed by atoms with Crippen LogP contribution in [0.4, 0.5) is 5.82 Å². The number of hydrogen-bond acceptors (Lipinski definition) is 4. The predicted octanol–water partition coefficient (Wildman–Crippen LogP) is 3.13. The molecule has 0 saturated carbocycles. The molecule has 26 heavy (non-hydrogen) atoms. The number of aryl methyl sites for hydroxylation is 1. The van der Waals surface area contributed by atoms with Crippen molar-refractivity contribution in [3.8, 4) is 0 Å². The van der Waals surface area contributed by atoms with E-state index in [1.54, 1.807) is 42.2 Å². The highest BCUT2D eigenvalue weighted by atomic mass is 16.5. The molecule has 1 aromatic heterocycles. The molecule has 0 unspecified atom stereocenters. The molecule has 0 aliphatic carbocycles. The lowest BCUT2D eigenvalue weighted by Crippen LogP contribution is -2.23. The number of cyclic esters (lactones) is 1. The fraction of sp³-hybridized carbons (Fsp3) is 0.150. The zero-order valence-corrected chi connectivity index (χ0v) is 14.2. The summed E-state index contributed by atoms with van der Waals surface area (Å²) in [5.74, 6) is -0.143. The van der Waals surface area contributed by atoms with Crippen LogP contribution in [0.3, 0.4) is 0 Å². The molecule has 2 heterocycles. The third kappa shape index (κ3) is 3.09. The Kier molecular flexibility index (Phi) is 4.01. The van der Waals surface area contributed by atoms with Gasteiger partial charge in [0, 0.05) is 31.3 Å². The van der Waals surface area contributed by atoms with E-state index >= 15 is 0 Å². The van der Waals surface area contributed by atoms with Crippen LogP contribution in [0.25, 0.3) is 0 Å². The summed E-state index contributed by atoms with van der Waals surface area (Å²) in [5, 5.41) is 6.89. The first-order valence-corrected chi connectivity index (χ1v) is 8.30. The Bertz CT molecular complexity index is 979. The van der Waals surface area contributed by atoms with Crippen molar-refractivity contribution < 1.29 is 14.3 Å². The highest BCUT2D eigenvalue weighted by Gasteiger charge is 2.28. The minimum absolute atomic E-state index is 0.262. The van der Waals surface area contributed by atoms with Crippen LogP contribution in [-0.4, -0.2) is 21.7 Å². The van der Waals surface area contributed by atoms with Crippen molar-refractivity contribution in [2.45, 2.75) is 12.5 Å². The lowest BCUT2D eigenvalue weighted by molar-refractivity contribution is 0.0252. The van der Waals surface area contributed by atoms with Crippen molar-refractivity contribution in [2.24, 2.45) is 7.05 Å². The Morgan fingerprint density at radius 1 is 1.19 bits per heavy atom. The van der Waals surface area contributed by atoms with Gasteiger partial charge in [0.05, 0.1) is 5.56 Å². The Morgan fingerprint density at radius 2 is 2.00 bits per heavy atom. The molecule has 0 fully saturated rings. The number of anilines is 1. The second-order valence-electron chi connectivity index (χ2n) is 6.21. The van der Waals surface area contributed by atoms with E-state index in [9.17, 15) is 9.59 Å². The molecule has 2 aromatic carbocycles. The molecule has 1 atom stereocenters. The Labute approximate surface area is 150 Å². The lowest BCUT2D eigenvalue weighted by Gasteiger charge is -2.25. The summed E-state index contributed by atoms with van der Waals surface area (Å²) in [6, 6.07) is 16.4. The van der Waals surface area contributed by atoms with Gasteiger partial charge in [0.15, 0.2) is 5.82 Å². The van der Waals surface area contributed by atoms with Gasteiger partial charge in [0.1, 0.15) is 6.10 Å². The Morgan fingerprint density at radius 3 is 2.73 bits per heavy atom. The van der Waals surface area contributed by atoms with Crippen molar-refractivity contribution in [1.82, 2.24) is 9.78 Å². The van der Waals surface area contributed by atoms with Crippen molar-refractivity contribution >= 4 is 17.7 Å². The van der Waals surface area contributed by atoms with E-state index in [1.807, 2.05) is 30.3 Å². The molecule has 130 valence electrons. The second-order valence-corrected chi connectivity index (χ2v) is 6.21. The van der Waals surface area contributed by atoms with Crippen molar-refractivity contribution in [1.29, 1.82) is 0 Å². The van der Waals surface area contributed by atoms with Gasteiger partial charge >= 0.3 is 5.97 Å². The average molecular weight is 347 g/mol. The van der Waals surface area contributed by atoms with Crippen LogP contribution in [-0.2, 0) is 18.2 Å². The summed E-state index contributed by atoms with van der Waals surface area (Å²) >= 11 is 0. The number of carbonyl (C=O) groups is 2. The van der Waals surface area contributed by atoms with E-state index < -0.39 is 0 Å². The fourth-order valence-electron chi connectivity index (χ4n) is 3.06.